The number of aryl methyl sites for hydroxylation is 1. The summed E-state index contributed by atoms with van der Waals surface area (Å²) in [6.45, 7) is 1.16. The number of aliphatic carboxylic acids is 1. The predicted octanol–water partition coefficient (Wildman–Crippen LogP) is 2.29. The second kappa shape index (κ2) is 5.49. The molecule has 1 atom stereocenters. The van der Waals surface area contributed by atoms with E-state index in [1.165, 1.54) is 0 Å². The first-order valence-electron chi connectivity index (χ1n) is 7.15. The fourth-order valence-electron chi connectivity index (χ4n) is 2.57. The Kier molecular flexibility index (Phi) is 3.63. The summed E-state index contributed by atoms with van der Waals surface area (Å²) >= 11 is 0. The van der Waals surface area contributed by atoms with E-state index in [-0.39, 0.29) is 18.7 Å². The molecule has 2 aromatic rings. The zero-order chi connectivity index (χ0) is 16.6. The van der Waals surface area contributed by atoms with Gasteiger partial charge >= 0.3 is 5.97 Å². The lowest BCUT2D eigenvalue weighted by atomic mass is 10.1. The summed E-state index contributed by atoms with van der Waals surface area (Å²) < 4.78 is 19.6. The van der Waals surface area contributed by atoms with E-state index in [0.717, 1.165) is 10.5 Å². The molecule has 120 valence electrons. The number of oxazole rings is 1. The van der Waals surface area contributed by atoms with Crippen LogP contribution in [-0.4, -0.2) is 45.6 Å². The number of carbonyl (C=O) groups excluding carboxylic acids is 1. The molecule has 23 heavy (non-hydrogen) atoms. The monoisotopic (exact) mass is 318 g/mol. The van der Waals surface area contributed by atoms with Crippen molar-refractivity contribution in [2.45, 2.75) is 19.0 Å². The van der Waals surface area contributed by atoms with E-state index in [4.69, 9.17) is 9.52 Å². The Morgan fingerprint density at radius 2 is 2.04 bits per heavy atom. The van der Waals surface area contributed by atoms with Crippen molar-refractivity contribution in [2.75, 3.05) is 13.1 Å². The van der Waals surface area contributed by atoms with E-state index in [2.05, 4.69) is 4.98 Å². The van der Waals surface area contributed by atoms with Gasteiger partial charge in [0.1, 0.15) is 5.76 Å². The molecule has 1 fully saturated rings. The van der Waals surface area contributed by atoms with Crippen molar-refractivity contribution in [2.24, 2.45) is 0 Å². The summed E-state index contributed by atoms with van der Waals surface area (Å²) in [5.41, 5.74) is -1.59. The number of amides is 1. The molecule has 1 aliphatic rings. The van der Waals surface area contributed by atoms with E-state index in [0.29, 0.717) is 11.7 Å². The van der Waals surface area contributed by atoms with Crippen molar-refractivity contribution in [3.8, 4) is 11.5 Å². The number of carbonyl (C=O) groups is 2. The lowest BCUT2D eigenvalue weighted by Crippen LogP contribution is -2.39. The molecule has 0 saturated carbocycles. The molecule has 1 amide bonds. The maximum absolute atomic E-state index is 14.1. The summed E-state index contributed by atoms with van der Waals surface area (Å²) in [5, 5.41) is 8.90. The summed E-state index contributed by atoms with van der Waals surface area (Å²) in [7, 11) is 0. The Balaban J connectivity index is 1.84. The van der Waals surface area contributed by atoms with E-state index in [1.807, 2.05) is 18.2 Å². The largest absolute Gasteiger partial charge is 0.479 e. The Hall–Kier alpha value is -2.70. The first kappa shape index (κ1) is 15.2. The van der Waals surface area contributed by atoms with Crippen LogP contribution in [0.4, 0.5) is 4.39 Å². The van der Waals surface area contributed by atoms with Gasteiger partial charge in [-0.1, -0.05) is 18.2 Å². The minimum absolute atomic E-state index is 0.0363. The number of benzene rings is 1. The van der Waals surface area contributed by atoms with Crippen molar-refractivity contribution in [3.63, 3.8) is 0 Å². The van der Waals surface area contributed by atoms with Crippen LogP contribution in [0.1, 0.15) is 22.7 Å². The van der Waals surface area contributed by atoms with Crippen molar-refractivity contribution >= 4 is 11.9 Å². The number of carboxylic acids is 1. The molecule has 0 spiro atoms. The first-order chi connectivity index (χ1) is 10.9. The van der Waals surface area contributed by atoms with E-state index < -0.39 is 24.1 Å². The Morgan fingerprint density at radius 3 is 2.65 bits per heavy atom. The van der Waals surface area contributed by atoms with Crippen LogP contribution in [0, 0.1) is 6.92 Å². The fraction of sp³-hybridized carbons (Fsp3) is 0.312. The summed E-state index contributed by atoms with van der Waals surface area (Å²) in [6.07, 6.45) is -0.226. The van der Waals surface area contributed by atoms with Gasteiger partial charge in [0, 0.05) is 18.5 Å². The third kappa shape index (κ3) is 2.69. The molecular weight excluding hydrogens is 303 g/mol. The van der Waals surface area contributed by atoms with E-state index >= 15 is 0 Å². The molecule has 0 bridgehead atoms. The van der Waals surface area contributed by atoms with Crippen molar-refractivity contribution in [3.05, 3.63) is 41.8 Å². The maximum atomic E-state index is 14.1. The summed E-state index contributed by atoms with van der Waals surface area (Å²) in [6, 6.07) is 9.09. The van der Waals surface area contributed by atoms with Gasteiger partial charge in [0.25, 0.3) is 5.91 Å². The van der Waals surface area contributed by atoms with Gasteiger partial charge in [-0.3, -0.25) is 4.79 Å². The van der Waals surface area contributed by atoms with Crippen molar-refractivity contribution < 1.29 is 23.5 Å². The molecule has 0 aliphatic carbocycles. The van der Waals surface area contributed by atoms with Gasteiger partial charge in [-0.05, 0) is 19.1 Å². The summed E-state index contributed by atoms with van der Waals surface area (Å²) in [5.74, 6) is -1.44. The number of nitrogens with zero attached hydrogens (tertiary/aromatic N) is 2. The molecule has 6 nitrogen and oxygen atoms in total. The molecule has 3 rings (SSSR count). The van der Waals surface area contributed by atoms with Crippen molar-refractivity contribution in [1.82, 2.24) is 9.88 Å². The molecular formula is C16H15FN2O4. The maximum Gasteiger partial charge on any atom is 0.343 e. The number of likely N-dealkylation sites (tertiary alicyclic amines) is 1. The highest BCUT2D eigenvalue weighted by atomic mass is 19.1. The average Bonchev–Trinajstić information content (AvgIpc) is 3.12. The van der Waals surface area contributed by atoms with Gasteiger partial charge in [-0.2, -0.15) is 0 Å². The fourth-order valence-corrected chi connectivity index (χ4v) is 2.57. The highest BCUT2D eigenvalue weighted by molar-refractivity contribution is 5.94. The van der Waals surface area contributed by atoms with Gasteiger partial charge in [-0.15, -0.1) is 0 Å². The number of rotatable bonds is 3. The molecule has 1 aromatic heterocycles. The third-order valence-corrected chi connectivity index (χ3v) is 3.91. The number of hydrogen-bond donors (Lipinski definition) is 1. The number of carboxylic acid groups (broad SMARTS) is 1. The van der Waals surface area contributed by atoms with Crippen LogP contribution in [-0.2, 0) is 4.79 Å². The van der Waals surface area contributed by atoms with E-state index in [9.17, 15) is 14.0 Å². The zero-order valence-electron chi connectivity index (χ0n) is 12.5. The quantitative estimate of drug-likeness (QED) is 0.938. The number of aromatic nitrogens is 1. The van der Waals surface area contributed by atoms with Gasteiger partial charge < -0.3 is 14.4 Å². The Bertz CT molecular complexity index is 759. The molecule has 1 unspecified atom stereocenters. The topological polar surface area (TPSA) is 83.6 Å². The first-order valence-corrected chi connectivity index (χ1v) is 7.15. The Labute approximate surface area is 131 Å². The molecule has 2 heterocycles. The minimum atomic E-state index is -2.39. The Morgan fingerprint density at radius 1 is 1.35 bits per heavy atom. The van der Waals surface area contributed by atoms with Crippen LogP contribution in [0.15, 0.2) is 34.7 Å². The minimum Gasteiger partial charge on any atom is -0.479 e. The van der Waals surface area contributed by atoms with Gasteiger partial charge in [0.15, 0.2) is 5.69 Å². The molecule has 1 aliphatic heterocycles. The number of halogens is 1. The highest BCUT2D eigenvalue weighted by Crippen LogP contribution is 2.28. The second-order valence-corrected chi connectivity index (χ2v) is 5.54. The predicted molar refractivity (Wildman–Crippen MR) is 78.7 cm³/mol. The number of alkyl halides is 1. The molecule has 0 radical (unpaired) electrons. The van der Waals surface area contributed by atoms with Crippen LogP contribution < -0.4 is 0 Å². The standard InChI is InChI=1S/C16H15FN2O4/c1-10-12(18-13(23-10)11-5-3-2-4-6-11)14(20)19-8-7-16(17,9-19)15(21)22/h2-6H,7-9H2,1H3,(H,21,22). The smallest absolute Gasteiger partial charge is 0.343 e. The van der Waals surface area contributed by atoms with Crippen LogP contribution >= 0.6 is 0 Å². The molecule has 1 saturated heterocycles. The second-order valence-electron chi connectivity index (χ2n) is 5.54. The third-order valence-electron chi connectivity index (χ3n) is 3.91. The lowest BCUT2D eigenvalue weighted by Gasteiger charge is -2.16. The van der Waals surface area contributed by atoms with Gasteiger partial charge in [0.2, 0.25) is 11.6 Å². The van der Waals surface area contributed by atoms with Crippen LogP contribution in [0.5, 0.6) is 0 Å². The summed E-state index contributed by atoms with van der Waals surface area (Å²) in [4.78, 5) is 28.8. The zero-order valence-corrected chi connectivity index (χ0v) is 12.5. The van der Waals surface area contributed by atoms with E-state index in [1.54, 1.807) is 19.1 Å². The van der Waals surface area contributed by atoms with Crippen LogP contribution in [0.2, 0.25) is 0 Å². The molecule has 1 aromatic carbocycles. The normalized spacial score (nSPS) is 20.7. The SMILES string of the molecule is Cc1oc(-c2ccccc2)nc1C(=O)N1CCC(F)(C(=O)O)C1. The highest BCUT2D eigenvalue weighted by Gasteiger charge is 2.47. The van der Waals surface area contributed by atoms with Gasteiger partial charge in [-0.25, -0.2) is 14.2 Å². The number of hydrogen-bond acceptors (Lipinski definition) is 4. The molecule has 7 heteroatoms. The van der Waals surface area contributed by atoms with Crippen molar-refractivity contribution in [1.29, 1.82) is 0 Å². The lowest BCUT2D eigenvalue weighted by molar-refractivity contribution is -0.149. The van der Waals surface area contributed by atoms with Crippen LogP contribution in [0.3, 0.4) is 0 Å². The average molecular weight is 318 g/mol. The van der Waals surface area contributed by atoms with Gasteiger partial charge in [0.05, 0.1) is 6.54 Å². The molecule has 1 N–H and O–H groups in total. The van der Waals surface area contributed by atoms with Crippen LogP contribution in [0.25, 0.3) is 11.5 Å².